The summed E-state index contributed by atoms with van der Waals surface area (Å²) in [6.45, 7) is 8.63. The van der Waals surface area contributed by atoms with Crippen LogP contribution in [0.15, 0.2) is 24.8 Å². The van der Waals surface area contributed by atoms with Gasteiger partial charge in [-0.15, -0.1) is 6.58 Å². The van der Waals surface area contributed by atoms with Crippen LogP contribution in [-0.4, -0.2) is 30.3 Å². The molecule has 2 atom stereocenters. The lowest BCUT2D eigenvalue weighted by atomic mass is 9.86. The van der Waals surface area contributed by atoms with Gasteiger partial charge in [-0.3, -0.25) is 0 Å². The monoisotopic (exact) mass is 328 g/mol. The quantitative estimate of drug-likeness (QED) is 0.651. The Balaban J connectivity index is 2.31. The Morgan fingerprint density at radius 2 is 2.00 bits per heavy atom. The van der Waals surface area contributed by atoms with Gasteiger partial charge < -0.3 is 10.2 Å². The SMILES string of the molecule is C=C[C@@H](C[C@@H]1OS(=O)(=O)OC1(C)C)c1cc(O)c(C)cc1O. The van der Waals surface area contributed by atoms with Gasteiger partial charge in [0.25, 0.3) is 0 Å². The van der Waals surface area contributed by atoms with Crippen molar-refractivity contribution in [3.05, 3.63) is 35.9 Å². The van der Waals surface area contributed by atoms with E-state index in [1.165, 1.54) is 12.1 Å². The van der Waals surface area contributed by atoms with E-state index in [4.69, 9.17) is 8.37 Å². The summed E-state index contributed by atoms with van der Waals surface area (Å²) in [6.07, 6.45) is 1.10. The molecule has 2 N–H and O–H groups in total. The van der Waals surface area contributed by atoms with Crippen LogP contribution in [0, 0.1) is 6.92 Å². The normalized spacial score (nSPS) is 24.0. The van der Waals surface area contributed by atoms with Gasteiger partial charge in [-0.25, -0.2) is 8.37 Å². The number of rotatable bonds is 4. The van der Waals surface area contributed by atoms with Crippen molar-refractivity contribution in [2.75, 3.05) is 0 Å². The van der Waals surface area contributed by atoms with Gasteiger partial charge in [0, 0.05) is 11.5 Å². The van der Waals surface area contributed by atoms with Gasteiger partial charge >= 0.3 is 10.4 Å². The number of phenolic OH excluding ortho intramolecular Hbond substituents is 2. The Morgan fingerprint density at radius 1 is 1.36 bits per heavy atom. The zero-order valence-electron chi connectivity index (χ0n) is 12.7. The third kappa shape index (κ3) is 3.26. The summed E-state index contributed by atoms with van der Waals surface area (Å²) in [5, 5.41) is 19.9. The van der Waals surface area contributed by atoms with Gasteiger partial charge in [0.2, 0.25) is 0 Å². The molecule has 6 nitrogen and oxygen atoms in total. The molecule has 122 valence electrons. The van der Waals surface area contributed by atoms with E-state index in [9.17, 15) is 18.6 Å². The summed E-state index contributed by atoms with van der Waals surface area (Å²) < 4.78 is 32.8. The van der Waals surface area contributed by atoms with Crippen LogP contribution in [0.1, 0.15) is 37.3 Å². The molecule has 1 aliphatic rings. The van der Waals surface area contributed by atoms with Crippen molar-refractivity contribution >= 4 is 10.4 Å². The molecule has 1 aromatic carbocycles. The molecular formula is C15H20O6S. The topological polar surface area (TPSA) is 93.1 Å². The molecule has 0 amide bonds. The maximum Gasteiger partial charge on any atom is 0.400 e. The highest BCUT2D eigenvalue weighted by Crippen LogP contribution is 2.40. The lowest BCUT2D eigenvalue weighted by molar-refractivity contribution is 0.0654. The highest BCUT2D eigenvalue weighted by atomic mass is 32.3. The first-order valence-corrected chi connectivity index (χ1v) is 8.18. The molecule has 0 bridgehead atoms. The number of allylic oxidation sites excluding steroid dienone is 1. The van der Waals surface area contributed by atoms with Crippen molar-refractivity contribution in [3.8, 4) is 11.5 Å². The van der Waals surface area contributed by atoms with Crippen LogP contribution in [0.2, 0.25) is 0 Å². The summed E-state index contributed by atoms with van der Waals surface area (Å²) in [5.41, 5.74) is -0.00292. The number of aromatic hydroxyl groups is 2. The minimum Gasteiger partial charge on any atom is -0.508 e. The summed E-state index contributed by atoms with van der Waals surface area (Å²) >= 11 is 0. The highest BCUT2D eigenvalue weighted by Gasteiger charge is 2.47. The van der Waals surface area contributed by atoms with Gasteiger partial charge in [0.05, 0.1) is 0 Å². The van der Waals surface area contributed by atoms with Crippen molar-refractivity contribution in [2.24, 2.45) is 0 Å². The molecule has 2 rings (SSSR count). The molecular weight excluding hydrogens is 308 g/mol. The van der Waals surface area contributed by atoms with Gasteiger partial charge in [0.1, 0.15) is 23.2 Å². The van der Waals surface area contributed by atoms with Crippen LogP contribution in [0.25, 0.3) is 0 Å². The smallest absolute Gasteiger partial charge is 0.400 e. The molecule has 0 unspecified atom stereocenters. The van der Waals surface area contributed by atoms with Crippen LogP contribution in [-0.2, 0) is 18.8 Å². The lowest BCUT2D eigenvalue weighted by Crippen LogP contribution is -2.34. The molecule has 0 radical (unpaired) electrons. The number of benzene rings is 1. The van der Waals surface area contributed by atoms with E-state index >= 15 is 0 Å². The van der Waals surface area contributed by atoms with Crippen LogP contribution in [0.4, 0.5) is 0 Å². The number of hydrogen-bond donors (Lipinski definition) is 2. The van der Waals surface area contributed by atoms with Crippen molar-refractivity contribution in [2.45, 2.75) is 44.8 Å². The second kappa shape index (κ2) is 5.57. The first-order valence-electron chi connectivity index (χ1n) is 6.84. The number of hydrogen-bond acceptors (Lipinski definition) is 6. The minimum atomic E-state index is -4.01. The molecule has 0 saturated carbocycles. The highest BCUT2D eigenvalue weighted by molar-refractivity contribution is 7.82. The van der Waals surface area contributed by atoms with Crippen LogP contribution < -0.4 is 0 Å². The molecule has 1 heterocycles. The standard InChI is InChI=1S/C15H20O6S/c1-5-10(11-8-12(16)9(2)6-13(11)17)7-14-15(3,4)21-22(18,19)20-14/h5-6,8,10,14,16-17H,1,7H2,2-4H3/t10-,14-/m0/s1. The molecule has 1 aliphatic heterocycles. The minimum absolute atomic E-state index is 0.0137. The third-order valence-corrected chi connectivity index (χ3v) is 4.93. The van der Waals surface area contributed by atoms with E-state index < -0.39 is 28.0 Å². The van der Waals surface area contributed by atoms with Gasteiger partial charge in [-0.1, -0.05) is 6.08 Å². The predicted octanol–water partition coefficient (Wildman–Crippen LogP) is 2.50. The first-order chi connectivity index (χ1) is 10.1. The molecule has 7 heteroatoms. The van der Waals surface area contributed by atoms with Gasteiger partial charge in [0.15, 0.2) is 0 Å². The zero-order chi connectivity index (χ0) is 16.7. The summed E-state index contributed by atoms with van der Waals surface area (Å²) in [4.78, 5) is 0. The fraction of sp³-hybridized carbons (Fsp3) is 0.467. The van der Waals surface area contributed by atoms with E-state index in [1.54, 1.807) is 26.8 Å². The van der Waals surface area contributed by atoms with E-state index in [2.05, 4.69) is 6.58 Å². The first kappa shape index (κ1) is 16.8. The summed E-state index contributed by atoms with van der Waals surface area (Å²) in [6, 6.07) is 2.91. The lowest BCUT2D eigenvalue weighted by Gasteiger charge is -2.25. The van der Waals surface area contributed by atoms with Crippen LogP contribution in [0.5, 0.6) is 11.5 Å². The van der Waals surface area contributed by atoms with E-state index in [0.717, 1.165) is 0 Å². The van der Waals surface area contributed by atoms with Crippen LogP contribution >= 0.6 is 0 Å². The van der Waals surface area contributed by atoms with Crippen molar-refractivity contribution in [1.82, 2.24) is 0 Å². The molecule has 1 saturated heterocycles. The Hall–Kier alpha value is -1.57. The van der Waals surface area contributed by atoms with E-state index in [0.29, 0.717) is 11.1 Å². The fourth-order valence-electron chi connectivity index (χ4n) is 2.49. The van der Waals surface area contributed by atoms with E-state index in [-0.39, 0.29) is 17.9 Å². The molecule has 22 heavy (non-hydrogen) atoms. The molecule has 0 spiro atoms. The summed E-state index contributed by atoms with van der Waals surface area (Å²) in [5.74, 6) is -0.331. The maximum absolute atomic E-state index is 11.5. The van der Waals surface area contributed by atoms with Gasteiger partial charge in [-0.2, -0.15) is 8.42 Å². The van der Waals surface area contributed by atoms with Crippen molar-refractivity contribution < 1.29 is 27.0 Å². The maximum atomic E-state index is 11.5. The molecule has 1 fully saturated rings. The van der Waals surface area contributed by atoms with Crippen molar-refractivity contribution in [1.29, 1.82) is 0 Å². The molecule has 0 aliphatic carbocycles. The number of phenols is 2. The number of aryl methyl sites for hydroxylation is 1. The largest absolute Gasteiger partial charge is 0.508 e. The second-order valence-electron chi connectivity index (χ2n) is 5.96. The predicted molar refractivity (Wildman–Crippen MR) is 81.0 cm³/mol. The van der Waals surface area contributed by atoms with Crippen molar-refractivity contribution in [3.63, 3.8) is 0 Å². The van der Waals surface area contributed by atoms with E-state index in [1.807, 2.05) is 0 Å². The Kier molecular flexibility index (Phi) is 4.25. The molecule has 0 aromatic heterocycles. The Bertz CT molecular complexity index is 692. The third-order valence-electron chi connectivity index (χ3n) is 3.82. The van der Waals surface area contributed by atoms with Gasteiger partial charge in [-0.05, 0) is 44.9 Å². The average molecular weight is 328 g/mol. The van der Waals surface area contributed by atoms with Crippen LogP contribution in [0.3, 0.4) is 0 Å². The Morgan fingerprint density at radius 3 is 2.50 bits per heavy atom. The average Bonchev–Trinajstić information content (AvgIpc) is 2.58. The zero-order valence-corrected chi connectivity index (χ0v) is 13.6. The Labute approximate surface area is 130 Å². The fourth-order valence-corrected chi connectivity index (χ4v) is 3.76. The summed E-state index contributed by atoms with van der Waals surface area (Å²) in [7, 11) is -4.01. The molecule has 1 aromatic rings. The second-order valence-corrected chi connectivity index (χ2v) is 7.13.